The monoisotopic (exact) mass is 422 g/mol. The number of anilines is 2. The van der Waals surface area contributed by atoms with E-state index >= 15 is 0 Å². The molecule has 0 aliphatic rings. The number of aromatic nitrogens is 2. The molecule has 3 aromatic rings. The predicted molar refractivity (Wildman–Crippen MR) is 102 cm³/mol. The molecular formula is C17H12ClFN4O4S. The van der Waals surface area contributed by atoms with E-state index in [1.807, 2.05) is 0 Å². The van der Waals surface area contributed by atoms with Crippen molar-refractivity contribution >= 4 is 39.2 Å². The lowest BCUT2D eigenvalue weighted by atomic mass is 10.3. The largest absolute Gasteiger partial charge is 0.363 e. The molecule has 0 saturated heterocycles. The summed E-state index contributed by atoms with van der Waals surface area (Å²) in [5.74, 6) is -1.92. The van der Waals surface area contributed by atoms with Gasteiger partial charge in [-0.3, -0.25) is 5.32 Å². The molecule has 3 rings (SSSR count). The van der Waals surface area contributed by atoms with Crippen molar-refractivity contribution in [3.8, 4) is 0 Å². The topological polar surface area (TPSA) is 110 Å². The highest BCUT2D eigenvalue weighted by Gasteiger charge is 2.22. The van der Waals surface area contributed by atoms with Crippen LogP contribution < -0.4 is 16.3 Å². The van der Waals surface area contributed by atoms with Crippen LogP contribution in [0.2, 0.25) is 5.02 Å². The second-order valence-electron chi connectivity index (χ2n) is 5.42. The van der Waals surface area contributed by atoms with E-state index in [1.54, 1.807) is 30.3 Å². The van der Waals surface area contributed by atoms with E-state index in [0.717, 1.165) is 0 Å². The second kappa shape index (κ2) is 7.79. The molecule has 1 aromatic heterocycles. The summed E-state index contributed by atoms with van der Waals surface area (Å²) in [6, 6.07) is 12.4. The zero-order valence-electron chi connectivity index (χ0n) is 14.0. The molecule has 1 heterocycles. The van der Waals surface area contributed by atoms with Crippen molar-refractivity contribution in [2.45, 2.75) is 4.90 Å². The van der Waals surface area contributed by atoms with Gasteiger partial charge in [0.25, 0.3) is 10.0 Å². The van der Waals surface area contributed by atoms with Gasteiger partial charge >= 0.3 is 11.7 Å². The molecule has 0 saturated carbocycles. The highest BCUT2D eigenvalue weighted by atomic mass is 35.5. The Kier molecular flexibility index (Phi) is 5.43. The summed E-state index contributed by atoms with van der Waals surface area (Å²) < 4.78 is 39.4. The van der Waals surface area contributed by atoms with Crippen LogP contribution in [0.5, 0.6) is 0 Å². The van der Waals surface area contributed by atoms with Gasteiger partial charge in [0, 0.05) is 10.7 Å². The Balaban J connectivity index is 1.88. The lowest BCUT2D eigenvalue weighted by molar-refractivity contribution is 0.262. The fraction of sp³-hybridized carbons (Fsp3) is 0. The summed E-state index contributed by atoms with van der Waals surface area (Å²) in [5.41, 5.74) is -0.856. The molecule has 0 atom stereocenters. The molecule has 2 aromatic carbocycles. The maximum absolute atomic E-state index is 14.3. The number of urea groups is 1. The van der Waals surface area contributed by atoms with Crippen LogP contribution in [0.1, 0.15) is 0 Å². The van der Waals surface area contributed by atoms with Crippen molar-refractivity contribution in [1.82, 2.24) is 8.96 Å². The van der Waals surface area contributed by atoms with Gasteiger partial charge in [-0.25, -0.2) is 22.4 Å². The van der Waals surface area contributed by atoms with E-state index < -0.39 is 33.4 Å². The van der Waals surface area contributed by atoms with E-state index in [4.69, 9.17) is 11.6 Å². The Morgan fingerprint density at radius 1 is 1.04 bits per heavy atom. The SMILES string of the molecule is O=C(Nc1ccccc1)Nc1nc(=O)n(S(=O)(=O)c2ccc(Cl)cc2)cc1F. The Labute approximate surface area is 163 Å². The minimum Gasteiger partial charge on any atom is -0.308 e. The molecule has 2 N–H and O–H groups in total. The number of amides is 2. The lowest BCUT2D eigenvalue weighted by Crippen LogP contribution is -2.32. The number of rotatable bonds is 4. The summed E-state index contributed by atoms with van der Waals surface area (Å²) in [6.07, 6.45) is 0.442. The van der Waals surface area contributed by atoms with Gasteiger partial charge < -0.3 is 5.32 Å². The number of benzene rings is 2. The third kappa shape index (κ3) is 4.18. The Morgan fingerprint density at radius 3 is 2.32 bits per heavy atom. The molecule has 11 heteroatoms. The average Bonchev–Trinajstić information content (AvgIpc) is 2.65. The molecule has 0 fully saturated rings. The van der Waals surface area contributed by atoms with Gasteiger partial charge in [0.1, 0.15) is 0 Å². The van der Waals surface area contributed by atoms with Crippen molar-refractivity contribution in [1.29, 1.82) is 0 Å². The zero-order valence-corrected chi connectivity index (χ0v) is 15.5. The first-order valence-corrected chi connectivity index (χ1v) is 9.52. The number of hydrogen-bond acceptors (Lipinski definition) is 5. The zero-order chi connectivity index (χ0) is 20.3. The predicted octanol–water partition coefficient (Wildman–Crippen LogP) is 2.92. The van der Waals surface area contributed by atoms with Gasteiger partial charge in [-0.1, -0.05) is 29.8 Å². The van der Waals surface area contributed by atoms with Gasteiger partial charge in [-0.15, -0.1) is 0 Å². The van der Waals surface area contributed by atoms with Crippen molar-refractivity contribution in [2.75, 3.05) is 10.6 Å². The molecule has 0 spiro atoms. The van der Waals surface area contributed by atoms with Crippen LogP contribution in [-0.2, 0) is 10.0 Å². The Bertz CT molecular complexity index is 1180. The van der Waals surface area contributed by atoms with Crippen LogP contribution in [0, 0.1) is 5.82 Å². The van der Waals surface area contributed by atoms with Gasteiger partial charge in [-0.2, -0.15) is 8.96 Å². The van der Waals surface area contributed by atoms with Gasteiger partial charge in [0.2, 0.25) is 0 Å². The summed E-state index contributed by atoms with van der Waals surface area (Å²) in [7, 11) is -4.39. The molecule has 0 radical (unpaired) electrons. The number of nitrogens with zero attached hydrogens (tertiary/aromatic N) is 2. The Morgan fingerprint density at radius 2 is 1.68 bits per heavy atom. The molecule has 8 nitrogen and oxygen atoms in total. The molecule has 28 heavy (non-hydrogen) atoms. The van der Waals surface area contributed by atoms with Gasteiger partial charge in [0.15, 0.2) is 11.6 Å². The second-order valence-corrected chi connectivity index (χ2v) is 7.67. The third-order valence-corrected chi connectivity index (χ3v) is 5.39. The number of nitrogens with one attached hydrogen (secondary N) is 2. The minimum atomic E-state index is -4.39. The van der Waals surface area contributed by atoms with Crippen molar-refractivity contribution < 1.29 is 17.6 Å². The number of carbonyl (C=O) groups excluding carboxylic acids is 1. The number of hydrogen-bond donors (Lipinski definition) is 2. The average molecular weight is 423 g/mol. The van der Waals surface area contributed by atoms with Crippen LogP contribution in [0.3, 0.4) is 0 Å². The number of halogens is 2. The van der Waals surface area contributed by atoms with Crippen LogP contribution in [-0.4, -0.2) is 23.4 Å². The highest BCUT2D eigenvalue weighted by Crippen LogP contribution is 2.17. The van der Waals surface area contributed by atoms with Crippen LogP contribution >= 0.6 is 11.6 Å². The standard InChI is InChI=1S/C17H12ClFN4O4S/c18-11-6-8-13(9-7-11)28(26,27)23-10-14(19)15(22-17(23)25)21-16(24)20-12-4-2-1-3-5-12/h1-10H,(H2,20,21,22,24,25). The lowest BCUT2D eigenvalue weighted by Gasteiger charge is -2.10. The highest BCUT2D eigenvalue weighted by molar-refractivity contribution is 7.90. The fourth-order valence-electron chi connectivity index (χ4n) is 2.19. The molecule has 0 unspecified atom stereocenters. The number of carbonyl (C=O) groups is 1. The first kappa shape index (κ1) is 19.5. The maximum Gasteiger partial charge on any atom is 0.363 e. The molecular weight excluding hydrogens is 411 g/mol. The number of para-hydroxylation sites is 1. The Hall–Kier alpha value is -3.24. The molecule has 144 valence electrons. The molecule has 2 amide bonds. The van der Waals surface area contributed by atoms with Crippen LogP contribution in [0.25, 0.3) is 0 Å². The van der Waals surface area contributed by atoms with E-state index in [2.05, 4.69) is 15.6 Å². The normalized spacial score (nSPS) is 11.1. The first-order valence-electron chi connectivity index (χ1n) is 7.71. The smallest absolute Gasteiger partial charge is 0.308 e. The summed E-state index contributed by atoms with van der Waals surface area (Å²) in [6.45, 7) is 0. The quantitative estimate of drug-likeness (QED) is 0.671. The van der Waals surface area contributed by atoms with E-state index in [0.29, 0.717) is 16.9 Å². The van der Waals surface area contributed by atoms with Crippen molar-refractivity contribution in [3.05, 3.63) is 82.1 Å². The minimum absolute atomic E-state index is 0.145. The van der Waals surface area contributed by atoms with Crippen LogP contribution in [0.4, 0.5) is 20.7 Å². The first-order chi connectivity index (χ1) is 13.3. The van der Waals surface area contributed by atoms with Gasteiger partial charge in [0.05, 0.1) is 11.1 Å². The summed E-state index contributed by atoms with van der Waals surface area (Å²) in [4.78, 5) is 27.1. The van der Waals surface area contributed by atoms with E-state index in [9.17, 15) is 22.4 Å². The molecule has 0 bridgehead atoms. The molecule has 0 aliphatic heterocycles. The van der Waals surface area contributed by atoms with Crippen molar-refractivity contribution in [3.63, 3.8) is 0 Å². The fourth-order valence-corrected chi connectivity index (χ4v) is 3.50. The summed E-state index contributed by atoms with van der Waals surface area (Å²) >= 11 is 5.71. The van der Waals surface area contributed by atoms with Crippen molar-refractivity contribution in [2.24, 2.45) is 0 Å². The van der Waals surface area contributed by atoms with Crippen LogP contribution in [0.15, 0.2) is 70.5 Å². The molecule has 0 aliphatic carbocycles. The third-order valence-electron chi connectivity index (χ3n) is 3.49. The summed E-state index contributed by atoms with van der Waals surface area (Å²) in [5, 5.41) is 4.77. The van der Waals surface area contributed by atoms with E-state index in [1.165, 1.54) is 24.3 Å². The van der Waals surface area contributed by atoms with E-state index in [-0.39, 0.29) is 8.87 Å². The maximum atomic E-state index is 14.3. The van der Waals surface area contributed by atoms with Gasteiger partial charge in [-0.05, 0) is 36.4 Å².